The quantitative estimate of drug-likeness (QED) is 0.470. The van der Waals surface area contributed by atoms with Gasteiger partial charge in [-0.05, 0) is 52.2 Å². The number of benzene rings is 1. The molecule has 0 amide bonds. The summed E-state index contributed by atoms with van der Waals surface area (Å²) in [6.07, 6.45) is 0. The average Bonchev–Trinajstić information content (AvgIpc) is 2.60. The average molecular weight is 278 g/mol. The predicted octanol–water partition coefficient (Wildman–Crippen LogP) is 2.36. The van der Waals surface area contributed by atoms with Crippen LogP contribution in [-0.2, 0) is 14.0 Å². The van der Waals surface area contributed by atoms with E-state index in [-0.39, 0.29) is 25.1 Å². The second-order valence-electron chi connectivity index (χ2n) is 5.91. The lowest BCUT2D eigenvalue weighted by atomic mass is 9.79. The van der Waals surface area contributed by atoms with E-state index in [0.29, 0.717) is 6.61 Å². The standard InChI is InChI=1S/C15H23BO4/c1-6-17-11-18-13-9-7-12(8-10-13)16-19-14(2,3)15(4,5)20-16/h7-10H,6,11H2,1-5H3. The fourth-order valence-electron chi connectivity index (χ4n) is 1.89. The van der Waals surface area contributed by atoms with E-state index < -0.39 is 0 Å². The van der Waals surface area contributed by atoms with Gasteiger partial charge in [-0.2, -0.15) is 0 Å². The Hall–Kier alpha value is -1.04. The van der Waals surface area contributed by atoms with E-state index in [1.165, 1.54) is 0 Å². The molecule has 1 saturated heterocycles. The van der Waals surface area contributed by atoms with Gasteiger partial charge in [-0.1, -0.05) is 12.1 Å². The third kappa shape index (κ3) is 3.16. The molecule has 0 bridgehead atoms. The molecular weight excluding hydrogens is 255 g/mol. The Bertz CT molecular complexity index is 426. The van der Waals surface area contributed by atoms with E-state index in [0.717, 1.165) is 11.2 Å². The second-order valence-corrected chi connectivity index (χ2v) is 5.91. The van der Waals surface area contributed by atoms with Crippen molar-refractivity contribution >= 4 is 12.6 Å². The molecule has 1 aromatic carbocycles. The highest BCUT2D eigenvalue weighted by Gasteiger charge is 2.51. The Balaban J connectivity index is 2.01. The molecule has 1 aliphatic rings. The zero-order chi connectivity index (χ0) is 14.8. The van der Waals surface area contributed by atoms with E-state index in [1.807, 2.05) is 58.9 Å². The van der Waals surface area contributed by atoms with Gasteiger partial charge >= 0.3 is 7.12 Å². The van der Waals surface area contributed by atoms with Crippen LogP contribution in [0.1, 0.15) is 34.6 Å². The lowest BCUT2D eigenvalue weighted by Gasteiger charge is -2.32. The Kier molecular flexibility index (Phi) is 4.42. The van der Waals surface area contributed by atoms with E-state index in [4.69, 9.17) is 18.8 Å². The minimum absolute atomic E-state index is 0.270. The van der Waals surface area contributed by atoms with Gasteiger partial charge in [-0.3, -0.25) is 0 Å². The Morgan fingerprint density at radius 1 is 1.00 bits per heavy atom. The molecule has 20 heavy (non-hydrogen) atoms. The van der Waals surface area contributed by atoms with E-state index in [9.17, 15) is 0 Å². The molecule has 5 heteroatoms. The van der Waals surface area contributed by atoms with Crippen molar-refractivity contribution in [2.24, 2.45) is 0 Å². The van der Waals surface area contributed by atoms with E-state index >= 15 is 0 Å². The fraction of sp³-hybridized carbons (Fsp3) is 0.600. The Morgan fingerprint density at radius 2 is 1.55 bits per heavy atom. The lowest BCUT2D eigenvalue weighted by molar-refractivity contribution is 0.00578. The first-order valence-electron chi connectivity index (χ1n) is 7.02. The van der Waals surface area contributed by atoms with Gasteiger partial charge in [-0.15, -0.1) is 0 Å². The molecule has 0 spiro atoms. The van der Waals surface area contributed by atoms with Crippen LogP contribution in [0.3, 0.4) is 0 Å². The molecule has 4 nitrogen and oxygen atoms in total. The minimum Gasteiger partial charge on any atom is -0.468 e. The molecule has 0 aliphatic carbocycles. The summed E-state index contributed by atoms with van der Waals surface area (Å²) in [7, 11) is -0.332. The molecule has 0 radical (unpaired) electrons. The normalized spacial score (nSPS) is 20.1. The van der Waals surface area contributed by atoms with Crippen molar-refractivity contribution in [2.75, 3.05) is 13.4 Å². The van der Waals surface area contributed by atoms with Crippen molar-refractivity contribution in [3.63, 3.8) is 0 Å². The molecular formula is C15H23BO4. The van der Waals surface area contributed by atoms with Gasteiger partial charge in [0.05, 0.1) is 11.2 Å². The molecule has 1 fully saturated rings. The van der Waals surface area contributed by atoms with E-state index in [1.54, 1.807) is 0 Å². The molecule has 0 unspecified atom stereocenters. The lowest BCUT2D eigenvalue weighted by Crippen LogP contribution is -2.41. The van der Waals surface area contributed by atoms with Crippen LogP contribution < -0.4 is 10.2 Å². The van der Waals surface area contributed by atoms with Crippen LogP contribution in [0.5, 0.6) is 5.75 Å². The maximum atomic E-state index is 6.00. The summed E-state index contributed by atoms with van der Waals surface area (Å²) in [5, 5.41) is 0. The maximum Gasteiger partial charge on any atom is 0.494 e. The maximum absolute atomic E-state index is 6.00. The van der Waals surface area contributed by atoms with Crippen LogP contribution in [-0.4, -0.2) is 31.7 Å². The van der Waals surface area contributed by atoms with Crippen molar-refractivity contribution in [1.29, 1.82) is 0 Å². The molecule has 0 N–H and O–H groups in total. The van der Waals surface area contributed by atoms with Crippen molar-refractivity contribution in [2.45, 2.75) is 45.8 Å². The highest BCUT2D eigenvalue weighted by molar-refractivity contribution is 6.62. The summed E-state index contributed by atoms with van der Waals surface area (Å²) >= 11 is 0. The van der Waals surface area contributed by atoms with Crippen LogP contribution in [0.4, 0.5) is 0 Å². The molecule has 1 aliphatic heterocycles. The van der Waals surface area contributed by atoms with Gasteiger partial charge in [0.1, 0.15) is 5.75 Å². The van der Waals surface area contributed by atoms with Crippen LogP contribution >= 0.6 is 0 Å². The first-order valence-corrected chi connectivity index (χ1v) is 7.02. The van der Waals surface area contributed by atoms with Gasteiger partial charge in [0.15, 0.2) is 6.79 Å². The summed E-state index contributed by atoms with van der Waals surface area (Å²) in [4.78, 5) is 0. The number of hydrogen-bond acceptors (Lipinski definition) is 4. The SMILES string of the molecule is CCOCOc1ccc(B2OC(C)(C)C(C)(C)O2)cc1. The number of hydrogen-bond donors (Lipinski definition) is 0. The van der Waals surface area contributed by atoms with Crippen molar-refractivity contribution in [1.82, 2.24) is 0 Å². The van der Waals surface area contributed by atoms with Crippen LogP contribution in [0, 0.1) is 0 Å². The summed E-state index contributed by atoms with van der Waals surface area (Å²) in [6, 6.07) is 7.73. The Morgan fingerprint density at radius 3 is 2.05 bits per heavy atom. The largest absolute Gasteiger partial charge is 0.494 e. The zero-order valence-corrected chi connectivity index (χ0v) is 12.9. The molecule has 0 atom stereocenters. The van der Waals surface area contributed by atoms with Crippen molar-refractivity contribution in [3.05, 3.63) is 24.3 Å². The Labute approximate surface area is 121 Å². The summed E-state index contributed by atoms with van der Waals surface area (Å²) in [6.45, 7) is 11.0. The highest BCUT2D eigenvalue weighted by atomic mass is 16.7. The monoisotopic (exact) mass is 278 g/mol. The predicted molar refractivity (Wildman–Crippen MR) is 79.3 cm³/mol. The van der Waals surface area contributed by atoms with Gasteiger partial charge in [0.25, 0.3) is 0 Å². The van der Waals surface area contributed by atoms with Crippen molar-refractivity contribution in [3.8, 4) is 5.75 Å². The topological polar surface area (TPSA) is 36.9 Å². The molecule has 110 valence electrons. The first-order chi connectivity index (χ1) is 9.36. The van der Waals surface area contributed by atoms with Gasteiger partial charge in [0.2, 0.25) is 0 Å². The number of ether oxygens (including phenoxy) is 2. The second kappa shape index (κ2) is 5.76. The van der Waals surface area contributed by atoms with Crippen LogP contribution in [0.15, 0.2) is 24.3 Å². The fourth-order valence-corrected chi connectivity index (χ4v) is 1.89. The number of rotatable bonds is 5. The molecule has 1 aromatic rings. The molecule has 1 heterocycles. The third-order valence-corrected chi connectivity index (χ3v) is 3.92. The van der Waals surface area contributed by atoms with Crippen LogP contribution in [0.25, 0.3) is 0 Å². The zero-order valence-electron chi connectivity index (χ0n) is 12.9. The summed E-state index contributed by atoms with van der Waals surface area (Å²) < 4.78 is 22.6. The molecule has 2 rings (SSSR count). The minimum atomic E-state index is -0.332. The first kappa shape index (κ1) is 15.4. The van der Waals surface area contributed by atoms with Gasteiger partial charge < -0.3 is 18.8 Å². The highest BCUT2D eigenvalue weighted by Crippen LogP contribution is 2.36. The van der Waals surface area contributed by atoms with Gasteiger partial charge in [0, 0.05) is 6.61 Å². The third-order valence-electron chi connectivity index (χ3n) is 3.92. The van der Waals surface area contributed by atoms with Crippen LogP contribution in [0.2, 0.25) is 0 Å². The molecule has 0 aromatic heterocycles. The molecule has 0 saturated carbocycles. The van der Waals surface area contributed by atoms with Gasteiger partial charge in [-0.25, -0.2) is 0 Å². The van der Waals surface area contributed by atoms with Crippen molar-refractivity contribution < 1.29 is 18.8 Å². The smallest absolute Gasteiger partial charge is 0.468 e. The summed E-state index contributed by atoms with van der Waals surface area (Å²) in [5.41, 5.74) is 0.358. The van der Waals surface area contributed by atoms with E-state index in [2.05, 4.69) is 0 Å². The summed E-state index contributed by atoms with van der Waals surface area (Å²) in [5.74, 6) is 0.777.